The highest BCUT2D eigenvalue weighted by Gasteiger charge is 2.35. The van der Waals surface area contributed by atoms with Crippen LogP contribution in [-0.4, -0.2) is 9.13 Å². The summed E-state index contributed by atoms with van der Waals surface area (Å²) >= 11 is 8.42. The zero-order valence-corrected chi connectivity index (χ0v) is 54.0. The molecule has 0 fully saturated rings. The molecular formula is C81H81ClN4. The molecule has 0 unspecified atom stereocenters. The summed E-state index contributed by atoms with van der Waals surface area (Å²) in [4.78, 5) is 4.86. The highest BCUT2D eigenvalue weighted by molar-refractivity contribution is 6.37. The van der Waals surface area contributed by atoms with Crippen LogP contribution in [0.2, 0.25) is 5.02 Å². The summed E-state index contributed by atoms with van der Waals surface area (Å²) in [7, 11) is 0. The van der Waals surface area contributed by atoms with Gasteiger partial charge in [-0.2, -0.15) is 0 Å². The Kier molecular flexibility index (Phi) is 13.3. The van der Waals surface area contributed by atoms with Crippen molar-refractivity contribution in [2.45, 2.75) is 138 Å². The molecule has 1 aliphatic heterocycles. The third-order valence-corrected chi connectivity index (χ3v) is 18.5. The number of hydrogen-bond donors (Lipinski definition) is 0. The molecule has 12 aromatic rings. The largest absolute Gasteiger partial charge is 0.309 e. The lowest BCUT2D eigenvalue weighted by Crippen LogP contribution is -2.22. The minimum Gasteiger partial charge on any atom is -0.309 e. The maximum Gasteiger partial charge on any atom is 0.0887 e. The lowest BCUT2D eigenvalue weighted by atomic mass is 9.84. The molecule has 5 heteroatoms. The molecular weight excluding hydrogens is 1060 g/mol. The molecule has 2 aromatic heterocycles. The van der Waals surface area contributed by atoms with Crippen LogP contribution < -0.4 is 9.80 Å². The van der Waals surface area contributed by atoms with Gasteiger partial charge in [0.15, 0.2) is 0 Å². The van der Waals surface area contributed by atoms with Crippen LogP contribution in [0.3, 0.4) is 0 Å². The van der Waals surface area contributed by atoms with E-state index in [1.807, 2.05) is 0 Å². The van der Waals surface area contributed by atoms with E-state index in [-0.39, 0.29) is 27.1 Å². The molecule has 86 heavy (non-hydrogen) atoms. The summed E-state index contributed by atoms with van der Waals surface area (Å²) in [6.07, 6.45) is 0. The number of benzene rings is 10. The van der Waals surface area contributed by atoms with Crippen molar-refractivity contribution in [3.05, 3.63) is 239 Å². The summed E-state index contributed by atoms with van der Waals surface area (Å²) in [5.74, 6) is 0. The lowest BCUT2D eigenvalue weighted by Gasteiger charge is -2.37. The van der Waals surface area contributed by atoms with Crippen LogP contribution >= 0.6 is 11.6 Å². The summed E-state index contributed by atoms with van der Waals surface area (Å²) in [5.41, 5.74) is 25.0. The van der Waals surface area contributed by atoms with Gasteiger partial charge in [0.05, 0.1) is 55.5 Å². The second-order valence-electron chi connectivity index (χ2n) is 29.5. The van der Waals surface area contributed by atoms with Crippen LogP contribution in [0.4, 0.5) is 34.1 Å². The number of fused-ring (bicyclic) bond motifs is 8. The van der Waals surface area contributed by atoms with Gasteiger partial charge in [-0.3, -0.25) is 0 Å². The summed E-state index contributed by atoms with van der Waals surface area (Å²) < 4.78 is 5.01. The van der Waals surface area contributed by atoms with Gasteiger partial charge >= 0.3 is 0 Å². The van der Waals surface area contributed by atoms with Crippen LogP contribution in [0.1, 0.15) is 137 Å². The SMILES string of the molecule is Cc1cc(N(c2ccc(-c3ccc(-c4ccccc4)cc3)cc2)c2cccc(-n3c4ccc(C(C)(C)C)cc4c4cc(C(C)(C)C)ccc43)c2)c(Cl)c(N2c3ccc(C(C)(C)C)cc3-n3c4ccc(C(C)(C)C)cc4c4cc(C(C)(C)C)cc2c43)c1. The number of hydrogen-bond acceptors (Lipinski definition) is 2. The van der Waals surface area contributed by atoms with E-state index in [2.05, 4.69) is 330 Å². The summed E-state index contributed by atoms with van der Waals surface area (Å²) in [6.45, 7) is 36.9. The third kappa shape index (κ3) is 9.79. The first-order valence-corrected chi connectivity index (χ1v) is 31.1. The molecule has 432 valence electrons. The maximum absolute atomic E-state index is 8.42. The van der Waals surface area contributed by atoms with Gasteiger partial charge < -0.3 is 18.9 Å². The van der Waals surface area contributed by atoms with Gasteiger partial charge in [0.25, 0.3) is 0 Å². The van der Waals surface area contributed by atoms with E-state index in [1.54, 1.807) is 0 Å². The Morgan fingerprint density at radius 3 is 1.29 bits per heavy atom. The number of halogens is 1. The van der Waals surface area contributed by atoms with Gasteiger partial charge in [-0.25, -0.2) is 0 Å². The number of anilines is 6. The first kappa shape index (κ1) is 56.8. The monoisotopic (exact) mass is 1140 g/mol. The second kappa shape index (κ2) is 20.1. The van der Waals surface area contributed by atoms with Gasteiger partial charge in [0.1, 0.15) is 0 Å². The molecule has 0 aliphatic carbocycles. The van der Waals surface area contributed by atoms with Crippen LogP contribution in [0, 0.1) is 6.92 Å². The van der Waals surface area contributed by atoms with E-state index in [1.165, 1.54) is 82.6 Å². The third-order valence-electron chi connectivity index (χ3n) is 18.1. The van der Waals surface area contributed by atoms with Crippen LogP contribution in [0.25, 0.3) is 77.2 Å². The first-order chi connectivity index (χ1) is 40.6. The van der Waals surface area contributed by atoms with Gasteiger partial charge in [-0.1, -0.05) is 213 Å². The van der Waals surface area contributed by atoms with Crippen molar-refractivity contribution in [2.75, 3.05) is 9.80 Å². The van der Waals surface area contributed by atoms with Crippen molar-refractivity contribution in [3.63, 3.8) is 0 Å². The lowest BCUT2D eigenvalue weighted by molar-refractivity contribution is 0.589. The molecule has 0 bridgehead atoms. The average molecular weight is 1150 g/mol. The summed E-state index contributed by atoms with van der Waals surface area (Å²) in [5, 5.41) is 5.68. The molecule has 0 radical (unpaired) electrons. The Morgan fingerprint density at radius 1 is 0.326 bits per heavy atom. The fraction of sp³-hybridized carbons (Fsp3) is 0.259. The summed E-state index contributed by atoms with van der Waals surface area (Å²) in [6, 6.07) is 75.5. The fourth-order valence-corrected chi connectivity index (χ4v) is 13.3. The Labute approximate surface area is 515 Å². The highest BCUT2D eigenvalue weighted by Crippen LogP contribution is 2.56. The highest BCUT2D eigenvalue weighted by atomic mass is 35.5. The maximum atomic E-state index is 8.42. The predicted molar refractivity (Wildman–Crippen MR) is 372 cm³/mol. The van der Waals surface area contributed by atoms with E-state index >= 15 is 0 Å². The van der Waals surface area contributed by atoms with Gasteiger partial charge in [-0.15, -0.1) is 0 Å². The number of rotatable bonds is 7. The van der Waals surface area contributed by atoms with Crippen molar-refractivity contribution in [3.8, 4) is 33.6 Å². The Balaban J connectivity index is 1.05. The van der Waals surface area contributed by atoms with Crippen molar-refractivity contribution in [2.24, 2.45) is 0 Å². The molecule has 0 spiro atoms. The van der Waals surface area contributed by atoms with Crippen LogP contribution in [0.15, 0.2) is 200 Å². The molecule has 13 rings (SSSR count). The van der Waals surface area contributed by atoms with Crippen LogP contribution in [-0.2, 0) is 27.1 Å². The smallest absolute Gasteiger partial charge is 0.0887 e. The standard InChI is InChI=1S/C81H81ClN4/c1-50-41-72(75(82)73(42-50)85-70-40-34-58(80(11,12)13)47-71(70)86-69-39-33-57(79(8,9)10)45-65(69)66-46-59(81(14,15)16)48-74(85)76(66)86)83(60-35-29-54(30-36-60)53-27-25-52(26-28-53)51-21-18-17-19-22-51)61-23-20-24-62(49-61)84-67-37-31-55(77(2,3)4)43-63(67)64-44-56(78(5,6)7)32-38-68(64)84/h17-49H,1-16H3. The van der Waals surface area contributed by atoms with Gasteiger partial charge in [-0.05, 0) is 193 Å². The molecule has 4 nitrogen and oxygen atoms in total. The molecule has 1 aliphatic rings. The van der Waals surface area contributed by atoms with E-state index in [9.17, 15) is 0 Å². The first-order valence-electron chi connectivity index (χ1n) is 30.8. The zero-order chi connectivity index (χ0) is 60.7. The Morgan fingerprint density at radius 2 is 0.767 bits per heavy atom. The fourth-order valence-electron chi connectivity index (χ4n) is 13.0. The minimum atomic E-state index is -0.150. The van der Waals surface area contributed by atoms with Crippen molar-refractivity contribution < 1.29 is 0 Å². The van der Waals surface area contributed by atoms with Crippen molar-refractivity contribution in [1.82, 2.24) is 9.13 Å². The van der Waals surface area contributed by atoms with Gasteiger partial charge in [0, 0.05) is 38.6 Å². The zero-order valence-electron chi connectivity index (χ0n) is 53.2. The van der Waals surface area contributed by atoms with Crippen molar-refractivity contribution in [1.29, 1.82) is 0 Å². The molecule has 0 amide bonds. The van der Waals surface area contributed by atoms with E-state index in [4.69, 9.17) is 11.6 Å². The molecule has 0 saturated carbocycles. The average Bonchev–Trinajstić information content (AvgIpc) is 1.48. The topological polar surface area (TPSA) is 16.3 Å². The molecule has 0 saturated heterocycles. The number of nitrogens with zero attached hydrogens (tertiary/aromatic N) is 4. The van der Waals surface area contributed by atoms with Crippen molar-refractivity contribution >= 4 is 89.3 Å². The molecule has 0 N–H and O–H groups in total. The predicted octanol–water partition coefficient (Wildman–Crippen LogP) is 23.9. The molecule has 10 aromatic carbocycles. The van der Waals surface area contributed by atoms with E-state index in [0.29, 0.717) is 5.02 Å². The quantitative estimate of drug-likeness (QED) is 0.158. The van der Waals surface area contributed by atoms with E-state index in [0.717, 1.165) is 62.2 Å². The Bertz CT molecular complexity index is 4580. The van der Waals surface area contributed by atoms with Crippen LogP contribution in [0.5, 0.6) is 0 Å². The minimum absolute atomic E-state index is 0.0145. The van der Waals surface area contributed by atoms with E-state index < -0.39 is 0 Å². The Hall–Kier alpha value is -8.31. The molecule has 0 atom stereocenters. The second-order valence-corrected chi connectivity index (χ2v) is 29.9. The molecule has 3 heterocycles. The number of aromatic nitrogens is 2. The van der Waals surface area contributed by atoms with Gasteiger partial charge in [0.2, 0.25) is 0 Å². The normalized spacial score (nSPS) is 13.2. The number of aryl methyl sites for hydroxylation is 1.